The zero-order chi connectivity index (χ0) is 31.0. The molecule has 1 aromatic heterocycles. The number of oxazole rings is 1. The molecular weight excluding hydrogens is 587 g/mol. The normalized spacial score (nSPS) is 16.1. The molecule has 1 atom stereocenters. The fourth-order valence-corrected chi connectivity index (χ4v) is 6.69. The number of aromatic nitrogens is 1. The second kappa shape index (κ2) is 11.0. The molecule has 5 rings (SSSR count). The Morgan fingerprint density at radius 2 is 1.77 bits per heavy atom. The lowest BCUT2D eigenvalue weighted by molar-refractivity contribution is -0.384. The molecule has 1 N–H and O–H groups in total. The molecule has 0 aliphatic heterocycles. The van der Waals surface area contributed by atoms with E-state index in [0.717, 1.165) is 24.5 Å². The number of benzene rings is 3. The minimum Gasteiger partial charge on any atom is -0.444 e. The number of alkyl halides is 3. The molecule has 1 fully saturated rings. The van der Waals surface area contributed by atoms with Crippen LogP contribution in [0.1, 0.15) is 36.0 Å². The Balaban J connectivity index is 1.83. The number of nitrogens with zero attached hydrogens (tertiary/aromatic N) is 2. The number of carbonyl (C=O) groups excluding carboxylic acids is 1. The molecule has 1 aliphatic rings. The van der Waals surface area contributed by atoms with Crippen LogP contribution in [0.3, 0.4) is 0 Å². The lowest BCUT2D eigenvalue weighted by atomic mass is 9.50. The van der Waals surface area contributed by atoms with Crippen LogP contribution < -0.4 is 5.32 Å². The minimum absolute atomic E-state index is 0.0912. The standard InChI is InChI=1S/C30H26F3N3O6S/c1-43(40,41)18-27(37)29(21-10-12-23(13-11-21)36(38)39,35-22-7-4-6-20(16-22)26-17-34-19-42-26)28(14-5-15-28)24-8-2-3-9-25(24)30(31,32)33/h2-4,6-13,16-17,19,35H,5,14-15,18H2,1H3. The number of rotatable bonds is 10. The van der Waals surface area contributed by atoms with Crippen molar-refractivity contribution < 1.29 is 35.7 Å². The van der Waals surface area contributed by atoms with Gasteiger partial charge in [0.25, 0.3) is 5.69 Å². The Morgan fingerprint density at radius 1 is 1.07 bits per heavy atom. The molecule has 1 aliphatic carbocycles. The highest BCUT2D eigenvalue weighted by molar-refractivity contribution is 7.91. The first-order valence-corrected chi connectivity index (χ1v) is 15.2. The number of non-ortho nitro benzene ring substituents is 1. The first-order chi connectivity index (χ1) is 20.3. The van der Waals surface area contributed by atoms with Gasteiger partial charge in [-0.15, -0.1) is 0 Å². The van der Waals surface area contributed by atoms with E-state index in [-0.39, 0.29) is 35.3 Å². The summed E-state index contributed by atoms with van der Waals surface area (Å²) in [6.45, 7) is 0. The predicted molar refractivity (Wildman–Crippen MR) is 152 cm³/mol. The van der Waals surface area contributed by atoms with E-state index in [4.69, 9.17) is 4.42 Å². The molecule has 1 heterocycles. The number of Topliss-reactive ketones (excluding diaryl/α,β-unsaturated/α-hetero) is 1. The highest BCUT2D eigenvalue weighted by Gasteiger charge is 2.63. The molecule has 13 heteroatoms. The van der Waals surface area contributed by atoms with E-state index < -0.39 is 49.0 Å². The van der Waals surface area contributed by atoms with Gasteiger partial charge in [-0.25, -0.2) is 13.4 Å². The Morgan fingerprint density at radius 3 is 2.33 bits per heavy atom. The quantitative estimate of drug-likeness (QED) is 0.163. The van der Waals surface area contributed by atoms with Crippen molar-refractivity contribution in [3.63, 3.8) is 0 Å². The van der Waals surface area contributed by atoms with Gasteiger partial charge in [0.1, 0.15) is 11.3 Å². The fourth-order valence-electron chi connectivity index (χ4n) is 5.99. The second-order valence-corrected chi connectivity index (χ2v) is 12.7. The average molecular weight is 614 g/mol. The first-order valence-electron chi connectivity index (χ1n) is 13.2. The number of sulfone groups is 1. The zero-order valence-corrected chi connectivity index (χ0v) is 23.6. The summed E-state index contributed by atoms with van der Waals surface area (Å²) in [5, 5.41) is 14.7. The van der Waals surface area contributed by atoms with E-state index >= 15 is 0 Å². The van der Waals surface area contributed by atoms with Crippen LogP contribution in [-0.4, -0.2) is 36.1 Å². The molecule has 0 radical (unpaired) electrons. The topological polar surface area (TPSA) is 132 Å². The van der Waals surface area contributed by atoms with Crippen LogP contribution in [0.15, 0.2) is 89.8 Å². The van der Waals surface area contributed by atoms with Crippen LogP contribution in [0.25, 0.3) is 11.3 Å². The van der Waals surface area contributed by atoms with Crippen LogP contribution in [0.2, 0.25) is 0 Å². The molecule has 224 valence electrons. The maximum atomic E-state index is 14.5. The number of carbonyl (C=O) groups is 1. The van der Waals surface area contributed by atoms with Crippen molar-refractivity contribution in [2.24, 2.45) is 0 Å². The molecule has 43 heavy (non-hydrogen) atoms. The number of anilines is 1. The van der Waals surface area contributed by atoms with Crippen molar-refractivity contribution in [2.75, 3.05) is 17.3 Å². The van der Waals surface area contributed by atoms with Crippen molar-refractivity contribution in [1.29, 1.82) is 0 Å². The van der Waals surface area contributed by atoms with Crippen LogP contribution in [-0.2, 0) is 31.8 Å². The lowest BCUT2D eigenvalue weighted by Crippen LogP contribution is -2.64. The lowest BCUT2D eigenvalue weighted by Gasteiger charge is -2.57. The first kappa shape index (κ1) is 30.0. The van der Waals surface area contributed by atoms with Crippen LogP contribution in [0.5, 0.6) is 0 Å². The molecular formula is C30H26F3N3O6S. The van der Waals surface area contributed by atoms with Gasteiger partial charge >= 0.3 is 6.18 Å². The fraction of sp³-hybridized carbons (Fsp3) is 0.267. The second-order valence-electron chi connectivity index (χ2n) is 10.6. The summed E-state index contributed by atoms with van der Waals surface area (Å²) in [4.78, 5) is 29.2. The van der Waals surface area contributed by atoms with Crippen LogP contribution in [0, 0.1) is 10.1 Å². The number of nitro groups is 1. The molecule has 1 unspecified atom stereocenters. The summed E-state index contributed by atoms with van der Waals surface area (Å²) in [5.41, 5.74) is -4.20. The molecule has 4 aromatic rings. The van der Waals surface area contributed by atoms with E-state index in [1.807, 2.05) is 0 Å². The van der Waals surface area contributed by atoms with Gasteiger partial charge in [-0.1, -0.05) is 36.8 Å². The van der Waals surface area contributed by atoms with Gasteiger partial charge in [0.2, 0.25) is 0 Å². The molecule has 9 nitrogen and oxygen atoms in total. The molecule has 0 spiro atoms. The van der Waals surface area contributed by atoms with E-state index in [9.17, 15) is 36.5 Å². The summed E-state index contributed by atoms with van der Waals surface area (Å²) in [6, 6.07) is 16.4. The van der Waals surface area contributed by atoms with Gasteiger partial charge in [0.05, 0.1) is 16.7 Å². The van der Waals surface area contributed by atoms with Gasteiger partial charge in [-0.2, -0.15) is 13.2 Å². The minimum atomic E-state index is -4.79. The maximum Gasteiger partial charge on any atom is 0.416 e. The molecule has 0 bridgehead atoms. The van der Waals surface area contributed by atoms with E-state index in [0.29, 0.717) is 17.7 Å². The Hall–Kier alpha value is -4.52. The van der Waals surface area contributed by atoms with Gasteiger partial charge in [0.15, 0.2) is 27.8 Å². The third-order valence-electron chi connectivity index (χ3n) is 7.91. The third-order valence-corrected chi connectivity index (χ3v) is 8.69. The van der Waals surface area contributed by atoms with E-state index in [2.05, 4.69) is 10.3 Å². The summed E-state index contributed by atoms with van der Waals surface area (Å²) >= 11 is 0. The van der Waals surface area contributed by atoms with E-state index in [1.54, 1.807) is 24.3 Å². The molecule has 3 aromatic carbocycles. The van der Waals surface area contributed by atoms with Crippen molar-refractivity contribution in [1.82, 2.24) is 4.98 Å². The predicted octanol–water partition coefficient (Wildman–Crippen LogP) is 6.31. The van der Waals surface area contributed by atoms with Crippen molar-refractivity contribution in [2.45, 2.75) is 36.4 Å². The number of hydrogen-bond acceptors (Lipinski definition) is 8. The number of nitrogens with one attached hydrogen (secondary N) is 1. The number of hydrogen-bond donors (Lipinski definition) is 1. The SMILES string of the molecule is CS(=O)(=O)CC(=O)C(Nc1cccc(-c2cnco2)c1)(c1ccc([N+](=O)[O-])cc1)C1(c2ccccc2C(F)(F)F)CCC1. The number of halogens is 3. The summed E-state index contributed by atoms with van der Waals surface area (Å²) in [6.07, 6.45) is -0.580. The average Bonchev–Trinajstić information content (AvgIpc) is 3.46. The van der Waals surface area contributed by atoms with Crippen LogP contribution >= 0.6 is 0 Å². The summed E-state index contributed by atoms with van der Waals surface area (Å²) in [7, 11) is -3.98. The van der Waals surface area contributed by atoms with Gasteiger partial charge in [0, 0.05) is 35.1 Å². The van der Waals surface area contributed by atoms with Gasteiger partial charge in [-0.05, 0) is 54.3 Å². The molecule has 0 amide bonds. The summed E-state index contributed by atoms with van der Waals surface area (Å²) < 4.78 is 74.0. The monoisotopic (exact) mass is 613 g/mol. The van der Waals surface area contributed by atoms with Gasteiger partial charge < -0.3 is 9.73 Å². The van der Waals surface area contributed by atoms with Gasteiger partial charge in [-0.3, -0.25) is 14.9 Å². The van der Waals surface area contributed by atoms with Crippen molar-refractivity contribution >= 4 is 27.0 Å². The number of nitro benzene ring substituents is 1. The van der Waals surface area contributed by atoms with Crippen LogP contribution in [0.4, 0.5) is 24.5 Å². The Bertz CT molecular complexity index is 1770. The molecule has 0 saturated heterocycles. The van der Waals surface area contributed by atoms with Crippen molar-refractivity contribution in [3.8, 4) is 11.3 Å². The van der Waals surface area contributed by atoms with Crippen molar-refractivity contribution in [3.05, 3.63) is 112 Å². The number of ketones is 1. The summed E-state index contributed by atoms with van der Waals surface area (Å²) in [5.74, 6) is -1.51. The molecule has 1 saturated carbocycles. The Kier molecular flexibility index (Phi) is 7.63. The van der Waals surface area contributed by atoms with E-state index in [1.165, 1.54) is 42.9 Å². The smallest absolute Gasteiger partial charge is 0.416 e. The zero-order valence-electron chi connectivity index (χ0n) is 22.8. The maximum absolute atomic E-state index is 14.5. The Labute approximate surface area is 244 Å². The third kappa shape index (κ3) is 5.52. The highest BCUT2D eigenvalue weighted by atomic mass is 32.2. The highest BCUT2D eigenvalue weighted by Crippen LogP contribution is 2.59. The largest absolute Gasteiger partial charge is 0.444 e.